The van der Waals surface area contributed by atoms with Crippen molar-refractivity contribution in [2.24, 2.45) is 0 Å². The van der Waals surface area contributed by atoms with Gasteiger partial charge >= 0.3 is 0 Å². The van der Waals surface area contributed by atoms with Crippen LogP contribution in [0.3, 0.4) is 0 Å². The van der Waals surface area contributed by atoms with Crippen LogP contribution in [0.5, 0.6) is 0 Å². The molecule has 0 atom stereocenters. The predicted octanol–water partition coefficient (Wildman–Crippen LogP) is 5.85. The van der Waals surface area contributed by atoms with Gasteiger partial charge in [-0.3, -0.25) is 0 Å². The van der Waals surface area contributed by atoms with E-state index < -0.39 is 10.0 Å². The summed E-state index contributed by atoms with van der Waals surface area (Å²) in [6.45, 7) is 3.92. The fourth-order valence-electron chi connectivity index (χ4n) is 4.24. The Kier molecular flexibility index (Phi) is 3.95. The molecule has 0 aliphatic rings. The Balaban J connectivity index is 2.09. The maximum absolute atomic E-state index is 13.7. The molecular weight excluding hydrogens is 404 g/mol. The van der Waals surface area contributed by atoms with Gasteiger partial charge in [0.1, 0.15) is 5.15 Å². The fourth-order valence-corrected chi connectivity index (χ4v) is 6.14. The van der Waals surface area contributed by atoms with Crippen LogP contribution in [-0.2, 0) is 10.0 Å². The third kappa shape index (κ3) is 2.44. The second-order valence-corrected chi connectivity index (χ2v) is 9.24. The monoisotopic (exact) mass is 420 g/mol. The highest BCUT2D eigenvalue weighted by Crippen LogP contribution is 2.41. The lowest BCUT2D eigenvalue weighted by Crippen LogP contribution is -2.13. The highest BCUT2D eigenvalue weighted by Gasteiger charge is 2.26. The highest BCUT2D eigenvalue weighted by molar-refractivity contribution is 7.90. The van der Waals surface area contributed by atoms with Gasteiger partial charge in [-0.1, -0.05) is 48.0 Å². The zero-order valence-corrected chi connectivity index (χ0v) is 17.4. The molecule has 6 heteroatoms. The number of para-hydroxylation sites is 1. The van der Waals surface area contributed by atoms with E-state index in [1.807, 2.05) is 50.2 Å². The average molecular weight is 421 g/mol. The number of hydrogen-bond donors (Lipinski definition) is 0. The Morgan fingerprint density at radius 3 is 2.28 bits per heavy atom. The Bertz CT molecular complexity index is 1540. The fraction of sp³-hybridized carbons (Fsp3) is 0.0870. The van der Waals surface area contributed by atoms with Crippen LogP contribution < -0.4 is 0 Å². The van der Waals surface area contributed by atoms with E-state index in [1.54, 1.807) is 30.5 Å². The van der Waals surface area contributed by atoms with E-state index in [2.05, 4.69) is 4.98 Å². The number of pyridine rings is 1. The number of benzene rings is 3. The van der Waals surface area contributed by atoms with Crippen molar-refractivity contribution in [1.29, 1.82) is 0 Å². The van der Waals surface area contributed by atoms with Gasteiger partial charge in [0.15, 0.2) is 0 Å². The summed E-state index contributed by atoms with van der Waals surface area (Å²) >= 11 is 6.44. The van der Waals surface area contributed by atoms with Crippen LogP contribution in [0.4, 0.5) is 0 Å². The minimum atomic E-state index is -3.80. The quantitative estimate of drug-likeness (QED) is 0.336. The molecule has 0 unspecified atom stereocenters. The molecule has 0 radical (unpaired) electrons. The Hall–Kier alpha value is -2.89. The van der Waals surface area contributed by atoms with Crippen molar-refractivity contribution >= 4 is 54.2 Å². The summed E-state index contributed by atoms with van der Waals surface area (Å²) in [7, 11) is -3.80. The molecular formula is C23H17ClN2O2S. The molecule has 0 aliphatic heterocycles. The molecule has 144 valence electrons. The maximum Gasteiger partial charge on any atom is 0.268 e. The van der Waals surface area contributed by atoms with Crippen LogP contribution in [-0.4, -0.2) is 17.4 Å². The summed E-state index contributed by atoms with van der Waals surface area (Å²) in [5, 5.41) is 3.96. The van der Waals surface area contributed by atoms with Crippen LogP contribution in [0.2, 0.25) is 5.15 Å². The van der Waals surface area contributed by atoms with E-state index in [0.717, 1.165) is 32.7 Å². The molecule has 29 heavy (non-hydrogen) atoms. The van der Waals surface area contributed by atoms with Crippen LogP contribution in [0.25, 0.3) is 32.6 Å². The molecule has 0 spiro atoms. The Morgan fingerprint density at radius 1 is 0.828 bits per heavy atom. The van der Waals surface area contributed by atoms with Crippen molar-refractivity contribution in [2.45, 2.75) is 18.7 Å². The third-order valence-electron chi connectivity index (χ3n) is 5.53. The summed E-state index contributed by atoms with van der Waals surface area (Å²) in [5.41, 5.74) is 3.12. The molecule has 2 aromatic heterocycles. The van der Waals surface area contributed by atoms with Crippen LogP contribution in [0, 0.1) is 13.8 Å². The Morgan fingerprint density at radius 2 is 1.52 bits per heavy atom. The van der Waals surface area contributed by atoms with Crippen molar-refractivity contribution in [2.75, 3.05) is 0 Å². The van der Waals surface area contributed by atoms with Crippen molar-refractivity contribution < 1.29 is 8.42 Å². The summed E-state index contributed by atoms with van der Waals surface area (Å²) in [4.78, 5) is 4.50. The summed E-state index contributed by atoms with van der Waals surface area (Å²) in [6, 6.07) is 18.0. The molecule has 0 fully saturated rings. The normalized spacial score (nSPS) is 12.2. The number of aryl methyl sites for hydroxylation is 2. The molecule has 2 heterocycles. The zero-order valence-electron chi connectivity index (χ0n) is 15.8. The van der Waals surface area contributed by atoms with Gasteiger partial charge in [0, 0.05) is 22.4 Å². The molecule has 0 saturated heterocycles. The van der Waals surface area contributed by atoms with Gasteiger partial charge in [0.2, 0.25) is 0 Å². The molecule has 5 rings (SSSR count). The number of fused-ring (bicyclic) bond motifs is 4. The molecule has 0 aliphatic carbocycles. The van der Waals surface area contributed by atoms with E-state index in [1.165, 1.54) is 3.97 Å². The number of aromatic nitrogens is 2. The highest BCUT2D eigenvalue weighted by atomic mass is 35.5. The number of rotatable bonds is 2. The first-order valence-corrected chi connectivity index (χ1v) is 11.0. The van der Waals surface area contributed by atoms with Crippen LogP contribution >= 0.6 is 11.6 Å². The molecule has 0 amide bonds. The smallest absolute Gasteiger partial charge is 0.244 e. The lowest BCUT2D eigenvalue weighted by atomic mass is 9.97. The van der Waals surface area contributed by atoms with E-state index in [0.29, 0.717) is 16.2 Å². The van der Waals surface area contributed by atoms with Gasteiger partial charge in [-0.15, -0.1) is 0 Å². The minimum Gasteiger partial charge on any atom is -0.244 e. The van der Waals surface area contributed by atoms with E-state index in [4.69, 9.17) is 11.6 Å². The molecule has 3 aromatic carbocycles. The Labute approximate surface area is 173 Å². The van der Waals surface area contributed by atoms with Gasteiger partial charge in [0.25, 0.3) is 10.0 Å². The summed E-state index contributed by atoms with van der Waals surface area (Å²) < 4.78 is 28.9. The zero-order chi connectivity index (χ0) is 20.3. The summed E-state index contributed by atoms with van der Waals surface area (Å²) in [5.74, 6) is 0. The second-order valence-electron chi connectivity index (χ2n) is 7.10. The lowest BCUT2D eigenvalue weighted by Gasteiger charge is -2.14. The SMILES string of the molecule is Cc1c2c(Cl)nccc2c(C)c2c1c1ccccc1n2S(=O)(=O)c1ccccc1. The van der Waals surface area contributed by atoms with Crippen molar-refractivity contribution in [3.05, 3.63) is 83.1 Å². The van der Waals surface area contributed by atoms with Gasteiger partial charge in [0.05, 0.1) is 15.9 Å². The standard InChI is InChI=1S/C23H17ClN2O2S/c1-14-17-12-13-25-23(24)21(17)15(2)20-18-10-6-7-11-19(18)26(22(14)20)29(27,28)16-8-4-3-5-9-16/h3-13H,1-2H3. The van der Waals surface area contributed by atoms with Crippen molar-refractivity contribution in [1.82, 2.24) is 8.96 Å². The van der Waals surface area contributed by atoms with Gasteiger partial charge in [-0.05, 0) is 54.6 Å². The molecule has 5 aromatic rings. The predicted molar refractivity (Wildman–Crippen MR) is 118 cm³/mol. The first kappa shape index (κ1) is 18.2. The van der Waals surface area contributed by atoms with E-state index in [9.17, 15) is 8.42 Å². The third-order valence-corrected chi connectivity index (χ3v) is 7.54. The number of halogens is 1. The van der Waals surface area contributed by atoms with Crippen molar-refractivity contribution in [3.63, 3.8) is 0 Å². The minimum absolute atomic E-state index is 0.257. The first-order chi connectivity index (χ1) is 13.9. The number of hydrogen-bond acceptors (Lipinski definition) is 3. The summed E-state index contributed by atoms with van der Waals surface area (Å²) in [6.07, 6.45) is 1.65. The van der Waals surface area contributed by atoms with Crippen LogP contribution in [0.1, 0.15) is 11.1 Å². The van der Waals surface area contributed by atoms with Gasteiger partial charge in [-0.2, -0.15) is 0 Å². The van der Waals surface area contributed by atoms with Gasteiger partial charge in [-0.25, -0.2) is 17.4 Å². The van der Waals surface area contributed by atoms with Crippen molar-refractivity contribution in [3.8, 4) is 0 Å². The van der Waals surface area contributed by atoms with E-state index >= 15 is 0 Å². The first-order valence-electron chi connectivity index (χ1n) is 9.20. The lowest BCUT2D eigenvalue weighted by molar-refractivity contribution is 0.590. The topological polar surface area (TPSA) is 52.0 Å². The van der Waals surface area contributed by atoms with Crippen LogP contribution in [0.15, 0.2) is 71.8 Å². The molecule has 4 nitrogen and oxygen atoms in total. The number of nitrogens with zero attached hydrogens (tertiary/aromatic N) is 2. The average Bonchev–Trinajstić information content (AvgIpc) is 3.09. The maximum atomic E-state index is 13.7. The second kappa shape index (κ2) is 6.31. The molecule has 0 N–H and O–H groups in total. The van der Waals surface area contributed by atoms with Gasteiger partial charge < -0.3 is 0 Å². The molecule has 0 bridgehead atoms. The largest absolute Gasteiger partial charge is 0.268 e. The molecule has 0 saturated carbocycles. The van der Waals surface area contributed by atoms with E-state index in [-0.39, 0.29) is 4.90 Å².